The van der Waals surface area contributed by atoms with Gasteiger partial charge in [-0.05, 0) is 42.5 Å². The van der Waals surface area contributed by atoms with Crippen molar-refractivity contribution in [2.24, 2.45) is 0 Å². The van der Waals surface area contributed by atoms with Crippen molar-refractivity contribution in [3.63, 3.8) is 0 Å². The highest BCUT2D eigenvalue weighted by Crippen LogP contribution is 2.37. The second-order valence-electron chi connectivity index (χ2n) is 5.75. The zero-order valence-electron chi connectivity index (χ0n) is 13.6. The Morgan fingerprint density at radius 2 is 1.80 bits per heavy atom. The Balaban J connectivity index is 1.80. The van der Waals surface area contributed by atoms with Crippen LogP contribution in [-0.2, 0) is 6.54 Å². The molecule has 0 saturated carbocycles. The van der Waals surface area contributed by atoms with Crippen LogP contribution in [0.2, 0.25) is 0 Å². The second-order valence-corrected chi connectivity index (χ2v) is 5.75. The largest absolute Gasteiger partial charge is 0.496 e. The molecule has 0 radical (unpaired) electrons. The highest BCUT2D eigenvalue weighted by atomic mass is 19.1. The summed E-state index contributed by atoms with van der Waals surface area (Å²) in [6, 6.07) is 15.2. The molecule has 0 aliphatic carbocycles. The summed E-state index contributed by atoms with van der Waals surface area (Å²) in [6.07, 6.45) is 1.63. The normalized spacial score (nSPS) is 13.0. The Morgan fingerprint density at radius 3 is 2.56 bits per heavy atom. The van der Waals surface area contributed by atoms with Crippen molar-refractivity contribution < 1.29 is 13.9 Å². The number of carbonyl (C=O) groups is 1. The first-order valence-electron chi connectivity index (χ1n) is 7.88. The first-order valence-corrected chi connectivity index (χ1v) is 7.88. The molecule has 0 spiro atoms. The Morgan fingerprint density at radius 1 is 1.04 bits per heavy atom. The van der Waals surface area contributed by atoms with Crippen LogP contribution in [0.1, 0.15) is 15.9 Å². The number of carbonyl (C=O) groups excluding carboxylic acids is 1. The van der Waals surface area contributed by atoms with Gasteiger partial charge in [0.1, 0.15) is 11.6 Å². The van der Waals surface area contributed by atoms with Gasteiger partial charge in [-0.3, -0.25) is 9.78 Å². The Hall–Kier alpha value is -3.21. The number of pyridine rings is 1. The van der Waals surface area contributed by atoms with Crippen LogP contribution in [0.4, 0.5) is 10.1 Å². The lowest BCUT2D eigenvalue weighted by atomic mass is 10.0. The van der Waals surface area contributed by atoms with Gasteiger partial charge < -0.3 is 9.64 Å². The van der Waals surface area contributed by atoms with E-state index >= 15 is 0 Å². The standard InChI is InChI=1S/C20H15FN2O2/c1-25-18-5-3-2-4-16(18)19-17-12-23(14-8-6-13(21)7-9-14)20(24)15(17)10-11-22-19/h2-11H,12H2,1H3. The molecule has 0 atom stereocenters. The van der Waals surface area contributed by atoms with Gasteiger partial charge in [0.15, 0.2) is 0 Å². The lowest BCUT2D eigenvalue weighted by molar-refractivity contribution is 0.0996. The number of ether oxygens (including phenoxy) is 1. The van der Waals surface area contributed by atoms with Crippen molar-refractivity contribution in [2.75, 3.05) is 12.0 Å². The molecular formula is C20H15FN2O2. The minimum absolute atomic E-state index is 0.111. The molecule has 4 rings (SSSR count). The van der Waals surface area contributed by atoms with Gasteiger partial charge in [-0.2, -0.15) is 0 Å². The molecule has 3 aromatic rings. The van der Waals surface area contributed by atoms with Crippen LogP contribution in [0.25, 0.3) is 11.3 Å². The predicted molar refractivity (Wildman–Crippen MR) is 93.1 cm³/mol. The Kier molecular flexibility index (Phi) is 3.69. The first kappa shape index (κ1) is 15.3. The van der Waals surface area contributed by atoms with E-state index in [0.29, 0.717) is 23.5 Å². The van der Waals surface area contributed by atoms with E-state index in [1.807, 2.05) is 24.3 Å². The van der Waals surface area contributed by atoms with Crippen molar-refractivity contribution in [1.82, 2.24) is 4.98 Å². The smallest absolute Gasteiger partial charge is 0.259 e. The molecule has 25 heavy (non-hydrogen) atoms. The van der Waals surface area contributed by atoms with Crippen molar-refractivity contribution in [1.29, 1.82) is 0 Å². The summed E-state index contributed by atoms with van der Waals surface area (Å²) in [7, 11) is 1.61. The number of nitrogens with zero attached hydrogens (tertiary/aromatic N) is 2. The summed E-state index contributed by atoms with van der Waals surface area (Å²) in [4.78, 5) is 18.9. The molecule has 0 bridgehead atoms. The zero-order chi connectivity index (χ0) is 17.4. The molecule has 0 N–H and O–H groups in total. The van der Waals surface area contributed by atoms with E-state index in [9.17, 15) is 9.18 Å². The first-order chi connectivity index (χ1) is 12.2. The number of halogens is 1. The number of hydrogen-bond acceptors (Lipinski definition) is 3. The third-order valence-corrected chi connectivity index (χ3v) is 4.35. The quantitative estimate of drug-likeness (QED) is 0.725. The molecule has 124 valence electrons. The van der Waals surface area contributed by atoms with Gasteiger partial charge in [0.2, 0.25) is 0 Å². The van der Waals surface area contributed by atoms with E-state index in [4.69, 9.17) is 4.74 Å². The number of amides is 1. The van der Waals surface area contributed by atoms with E-state index < -0.39 is 0 Å². The van der Waals surface area contributed by atoms with E-state index in [1.54, 1.807) is 36.4 Å². The molecule has 0 fully saturated rings. The van der Waals surface area contributed by atoms with Gasteiger partial charge in [0.05, 0.1) is 19.3 Å². The van der Waals surface area contributed by atoms with Gasteiger partial charge in [-0.25, -0.2) is 4.39 Å². The van der Waals surface area contributed by atoms with Gasteiger partial charge >= 0.3 is 0 Å². The van der Waals surface area contributed by atoms with Crippen molar-refractivity contribution in [2.45, 2.75) is 6.54 Å². The molecular weight excluding hydrogens is 319 g/mol. The van der Waals surface area contributed by atoms with Crippen LogP contribution in [0.15, 0.2) is 60.8 Å². The van der Waals surface area contributed by atoms with Gasteiger partial charge in [0.25, 0.3) is 5.91 Å². The van der Waals surface area contributed by atoms with E-state index in [-0.39, 0.29) is 11.7 Å². The van der Waals surface area contributed by atoms with Crippen molar-refractivity contribution in [3.05, 3.63) is 77.7 Å². The third-order valence-electron chi connectivity index (χ3n) is 4.35. The van der Waals surface area contributed by atoms with Crippen LogP contribution in [0.5, 0.6) is 5.75 Å². The molecule has 0 unspecified atom stereocenters. The maximum Gasteiger partial charge on any atom is 0.259 e. The summed E-state index contributed by atoms with van der Waals surface area (Å²) in [5, 5.41) is 0. The minimum atomic E-state index is -0.329. The number of methoxy groups -OCH3 is 1. The molecule has 4 nitrogen and oxygen atoms in total. The monoisotopic (exact) mass is 334 g/mol. The topological polar surface area (TPSA) is 42.4 Å². The van der Waals surface area contributed by atoms with Gasteiger partial charge in [-0.15, -0.1) is 0 Å². The van der Waals surface area contributed by atoms with Crippen LogP contribution in [0.3, 0.4) is 0 Å². The number of benzene rings is 2. The fourth-order valence-electron chi connectivity index (χ4n) is 3.13. The van der Waals surface area contributed by atoms with Crippen LogP contribution < -0.4 is 9.64 Å². The maximum absolute atomic E-state index is 13.2. The number of fused-ring (bicyclic) bond motifs is 1. The maximum atomic E-state index is 13.2. The Labute approximate surface area is 144 Å². The van der Waals surface area contributed by atoms with Gasteiger partial charge in [0, 0.05) is 28.6 Å². The second kappa shape index (κ2) is 6.02. The zero-order valence-corrected chi connectivity index (χ0v) is 13.6. The van der Waals surface area contributed by atoms with E-state index in [0.717, 1.165) is 16.8 Å². The molecule has 5 heteroatoms. The highest BCUT2D eigenvalue weighted by molar-refractivity contribution is 6.11. The minimum Gasteiger partial charge on any atom is -0.496 e. The number of aromatic nitrogens is 1. The summed E-state index contributed by atoms with van der Waals surface area (Å²) in [5.41, 5.74) is 3.69. The molecule has 2 heterocycles. The fraction of sp³-hybridized carbons (Fsp3) is 0.100. The lowest BCUT2D eigenvalue weighted by Crippen LogP contribution is -2.22. The average Bonchev–Trinajstić information content (AvgIpc) is 2.99. The average molecular weight is 334 g/mol. The third kappa shape index (κ3) is 2.54. The van der Waals surface area contributed by atoms with Crippen molar-refractivity contribution in [3.8, 4) is 17.0 Å². The number of hydrogen-bond donors (Lipinski definition) is 0. The van der Waals surface area contributed by atoms with Crippen LogP contribution >= 0.6 is 0 Å². The summed E-state index contributed by atoms with van der Waals surface area (Å²) in [5.74, 6) is 0.264. The molecule has 1 aromatic heterocycles. The highest BCUT2D eigenvalue weighted by Gasteiger charge is 2.31. The number of rotatable bonds is 3. The van der Waals surface area contributed by atoms with E-state index in [2.05, 4.69) is 4.98 Å². The summed E-state index contributed by atoms with van der Waals surface area (Å²) >= 11 is 0. The SMILES string of the molecule is COc1ccccc1-c1nccc2c1CN(c1ccc(F)cc1)C2=O. The van der Waals surface area contributed by atoms with Gasteiger partial charge in [-0.1, -0.05) is 12.1 Å². The van der Waals surface area contributed by atoms with Crippen LogP contribution in [0, 0.1) is 5.82 Å². The lowest BCUT2D eigenvalue weighted by Gasteiger charge is -2.15. The molecule has 1 amide bonds. The predicted octanol–water partition coefficient (Wildman–Crippen LogP) is 4.06. The van der Waals surface area contributed by atoms with Crippen LogP contribution in [-0.4, -0.2) is 18.0 Å². The number of para-hydroxylation sites is 1. The fourth-order valence-corrected chi connectivity index (χ4v) is 3.13. The summed E-state index contributed by atoms with van der Waals surface area (Å²) in [6.45, 7) is 0.390. The molecule has 0 saturated heterocycles. The number of anilines is 1. The van der Waals surface area contributed by atoms with E-state index in [1.165, 1.54) is 12.1 Å². The summed E-state index contributed by atoms with van der Waals surface area (Å²) < 4.78 is 18.6. The molecule has 1 aliphatic rings. The van der Waals surface area contributed by atoms with Crippen molar-refractivity contribution >= 4 is 11.6 Å². The molecule has 1 aliphatic heterocycles. The Bertz CT molecular complexity index is 954. The molecule has 2 aromatic carbocycles.